The molecule has 1 atom stereocenters. The summed E-state index contributed by atoms with van der Waals surface area (Å²) < 4.78 is 39.5. The molecule has 1 N–H and O–H groups in total. The Labute approximate surface area is 92.5 Å². The van der Waals surface area contributed by atoms with E-state index in [1.807, 2.05) is 0 Å². The maximum atomic E-state index is 12.0. The zero-order valence-electron chi connectivity index (χ0n) is 8.12. The van der Waals surface area contributed by atoms with E-state index in [1.54, 1.807) is 0 Å². The van der Waals surface area contributed by atoms with Crippen molar-refractivity contribution in [2.75, 3.05) is 5.32 Å². The monoisotopic (exact) mass is 246 g/mol. The number of amides is 1. The lowest BCUT2D eigenvalue weighted by Crippen LogP contribution is -2.17. The fourth-order valence-corrected chi connectivity index (χ4v) is 1.52. The minimum absolute atomic E-state index is 0.0757. The quantitative estimate of drug-likeness (QED) is 0.814. The van der Waals surface area contributed by atoms with Gasteiger partial charge >= 0.3 is 6.36 Å². The molecule has 1 unspecified atom stereocenters. The molecule has 1 aromatic carbocycles. The number of halogens is 3. The van der Waals surface area contributed by atoms with Crippen LogP contribution in [0, 0.1) is 4.91 Å². The molecule has 0 fully saturated rings. The highest BCUT2D eigenvalue weighted by molar-refractivity contribution is 6.02. The van der Waals surface area contributed by atoms with Gasteiger partial charge in [-0.15, -0.1) is 18.1 Å². The van der Waals surface area contributed by atoms with Crippen LogP contribution in [-0.4, -0.2) is 12.3 Å². The van der Waals surface area contributed by atoms with Gasteiger partial charge in [-0.3, -0.25) is 4.79 Å². The lowest BCUT2D eigenvalue weighted by molar-refractivity contribution is -0.274. The Morgan fingerprint density at radius 2 is 2.06 bits per heavy atom. The zero-order valence-corrected chi connectivity index (χ0v) is 8.12. The molecule has 90 valence electrons. The number of hydrogen-bond acceptors (Lipinski definition) is 4. The van der Waals surface area contributed by atoms with Gasteiger partial charge in [0.15, 0.2) is 6.04 Å². The van der Waals surface area contributed by atoms with Crippen LogP contribution in [0.2, 0.25) is 0 Å². The molecule has 0 spiro atoms. The summed E-state index contributed by atoms with van der Waals surface area (Å²) in [6.07, 6.45) is -4.83. The standard InChI is InChI=1S/C9H5F3N2O3/c10-9(11,12)17-4-1-2-6-5(3-4)7(14-16)8(15)13-6/h1-3,7H,(H,13,15). The van der Waals surface area contributed by atoms with Crippen molar-refractivity contribution in [3.8, 4) is 5.75 Å². The van der Waals surface area contributed by atoms with Crippen molar-refractivity contribution in [2.45, 2.75) is 12.4 Å². The molecule has 2 rings (SSSR count). The van der Waals surface area contributed by atoms with E-state index in [-0.39, 0.29) is 11.3 Å². The van der Waals surface area contributed by atoms with Crippen molar-refractivity contribution in [1.29, 1.82) is 0 Å². The summed E-state index contributed by atoms with van der Waals surface area (Å²) in [7, 11) is 0. The molecule has 1 aliphatic heterocycles. The van der Waals surface area contributed by atoms with Crippen LogP contribution >= 0.6 is 0 Å². The number of ether oxygens (including phenoxy) is 1. The van der Waals surface area contributed by atoms with E-state index in [0.29, 0.717) is 0 Å². The van der Waals surface area contributed by atoms with Gasteiger partial charge in [-0.05, 0) is 18.2 Å². The molecule has 0 aliphatic carbocycles. The molecular formula is C9H5F3N2O3. The van der Waals surface area contributed by atoms with Gasteiger partial charge in [-0.1, -0.05) is 5.18 Å². The second-order valence-corrected chi connectivity index (χ2v) is 3.29. The second-order valence-electron chi connectivity index (χ2n) is 3.29. The van der Waals surface area contributed by atoms with Crippen LogP contribution < -0.4 is 10.1 Å². The number of nitroso groups, excluding NO2 is 1. The van der Waals surface area contributed by atoms with E-state index in [9.17, 15) is 22.9 Å². The molecule has 17 heavy (non-hydrogen) atoms. The molecule has 1 amide bonds. The molecule has 8 heteroatoms. The molecule has 0 radical (unpaired) electrons. The first-order chi connectivity index (χ1) is 7.90. The zero-order chi connectivity index (χ0) is 12.6. The van der Waals surface area contributed by atoms with E-state index in [2.05, 4.69) is 15.2 Å². The highest BCUT2D eigenvalue weighted by Gasteiger charge is 2.35. The van der Waals surface area contributed by atoms with Crippen LogP contribution in [-0.2, 0) is 4.79 Å². The number of hydrogen-bond donors (Lipinski definition) is 1. The number of benzene rings is 1. The number of carbonyl (C=O) groups is 1. The van der Waals surface area contributed by atoms with Crippen LogP contribution in [0.3, 0.4) is 0 Å². The maximum absolute atomic E-state index is 12.0. The Kier molecular flexibility index (Phi) is 2.49. The van der Waals surface area contributed by atoms with Crippen molar-refractivity contribution < 1.29 is 22.7 Å². The van der Waals surface area contributed by atoms with Crippen LogP contribution in [0.5, 0.6) is 5.75 Å². The summed E-state index contributed by atoms with van der Waals surface area (Å²) in [6.45, 7) is 0. The van der Waals surface area contributed by atoms with Crippen LogP contribution in [0.4, 0.5) is 18.9 Å². The molecule has 0 saturated heterocycles. The van der Waals surface area contributed by atoms with Gasteiger partial charge in [0.05, 0.1) is 0 Å². The normalized spacial score (nSPS) is 18.5. The van der Waals surface area contributed by atoms with Gasteiger partial charge in [-0.25, -0.2) is 0 Å². The molecule has 1 aliphatic rings. The third kappa shape index (κ3) is 2.19. The minimum Gasteiger partial charge on any atom is -0.406 e. The summed E-state index contributed by atoms with van der Waals surface area (Å²) in [6, 6.07) is 1.90. The van der Waals surface area contributed by atoms with E-state index >= 15 is 0 Å². The third-order valence-electron chi connectivity index (χ3n) is 2.16. The van der Waals surface area contributed by atoms with E-state index in [4.69, 9.17) is 0 Å². The van der Waals surface area contributed by atoms with Gasteiger partial charge in [0.25, 0.3) is 5.91 Å². The van der Waals surface area contributed by atoms with Gasteiger partial charge in [0.2, 0.25) is 0 Å². The summed E-state index contributed by atoms with van der Waals surface area (Å²) >= 11 is 0. The summed E-state index contributed by atoms with van der Waals surface area (Å²) in [5, 5.41) is 4.87. The highest BCUT2D eigenvalue weighted by Crippen LogP contribution is 2.36. The second kappa shape index (κ2) is 3.72. The van der Waals surface area contributed by atoms with E-state index in [0.717, 1.165) is 12.1 Å². The van der Waals surface area contributed by atoms with Crippen LogP contribution in [0.1, 0.15) is 11.6 Å². The molecule has 0 aromatic heterocycles. The fraction of sp³-hybridized carbons (Fsp3) is 0.222. The molecule has 0 bridgehead atoms. The van der Waals surface area contributed by atoms with Crippen molar-refractivity contribution in [1.82, 2.24) is 0 Å². The minimum atomic E-state index is -4.83. The first-order valence-electron chi connectivity index (χ1n) is 4.44. The van der Waals surface area contributed by atoms with Crippen LogP contribution in [0.25, 0.3) is 0 Å². The Morgan fingerprint density at radius 1 is 1.35 bits per heavy atom. The number of fused-ring (bicyclic) bond motifs is 1. The average Bonchev–Trinajstić information content (AvgIpc) is 2.50. The molecular weight excluding hydrogens is 241 g/mol. The third-order valence-corrected chi connectivity index (χ3v) is 2.16. The SMILES string of the molecule is O=NC1C(=O)Nc2ccc(OC(F)(F)F)cc21. The van der Waals surface area contributed by atoms with Crippen molar-refractivity contribution in [3.63, 3.8) is 0 Å². The van der Waals surface area contributed by atoms with Gasteiger partial charge in [0, 0.05) is 11.3 Å². The number of alkyl halides is 3. The molecule has 1 heterocycles. The number of anilines is 1. The summed E-state index contributed by atoms with van der Waals surface area (Å²) in [5.74, 6) is -1.17. The summed E-state index contributed by atoms with van der Waals surface area (Å²) in [4.78, 5) is 21.6. The first kappa shape index (κ1) is 11.4. The maximum Gasteiger partial charge on any atom is 0.573 e. The van der Waals surface area contributed by atoms with E-state index in [1.165, 1.54) is 6.07 Å². The highest BCUT2D eigenvalue weighted by atomic mass is 19.4. The Bertz CT molecular complexity index is 487. The first-order valence-corrected chi connectivity index (χ1v) is 4.44. The smallest absolute Gasteiger partial charge is 0.406 e. The number of nitrogens with zero attached hydrogens (tertiary/aromatic N) is 1. The van der Waals surface area contributed by atoms with Crippen molar-refractivity contribution in [3.05, 3.63) is 28.7 Å². The lowest BCUT2D eigenvalue weighted by atomic mass is 10.1. The van der Waals surface area contributed by atoms with Crippen molar-refractivity contribution in [2.24, 2.45) is 5.18 Å². The van der Waals surface area contributed by atoms with Gasteiger partial charge in [-0.2, -0.15) is 0 Å². The van der Waals surface area contributed by atoms with E-state index < -0.39 is 24.1 Å². The van der Waals surface area contributed by atoms with Gasteiger partial charge in [0.1, 0.15) is 5.75 Å². The fourth-order valence-electron chi connectivity index (χ4n) is 1.52. The van der Waals surface area contributed by atoms with Crippen molar-refractivity contribution >= 4 is 11.6 Å². The predicted molar refractivity (Wildman–Crippen MR) is 50.3 cm³/mol. The van der Waals surface area contributed by atoms with Gasteiger partial charge < -0.3 is 10.1 Å². The van der Waals surface area contributed by atoms with Crippen LogP contribution in [0.15, 0.2) is 23.4 Å². The average molecular weight is 246 g/mol. The Balaban J connectivity index is 2.35. The Hall–Kier alpha value is -2.12. The molecule has 1 aromatic rings. The lowest BCUT2D eigenvalue weighted by Gasteiger charge is -2.09. The topological polar surface area (TPSA) is 67.8 Å². The largest absolute Gasteiger partial charge is 0.573 e. The molecule has 5 nitrogen and oxygen atoms in total. The number of nitrogens with one attached hydrogen (secondary N) is 1. The summed E-state index contributed by atoms with van der Waals surface area (Å²) in [5.41, 5.74) is 0.334. The molecule has 0 saturated carbocycles. The number of carbonyl (C=O) groups excluding carboxylic acids is 1. The number of rotatable bonds is 2. The Morgan fingerprint density at radius 3 is 2.65 bits per heavy atom. The predicted octanol–water partition coefficient (Wildman–Crippen LogP) is 2.34.